The molecule has 0 radical (unpaired) electrons. The topological polar surface area (TPSA) is 80.2 Å². The molecule has 2 N–H and O–H groups in total. The average molecular weight is 376 g/mol. The summed E-state index contributed by atoms with van der Waals surface area (Å²) in [6.07, 6.45) is 1.35. The van der Waals surface area contributed by atoms with Crippen LogP contribution in [0.2, 0.25) is 0 Å². The second-order valence-corrected chi connectivity index (χ2v) is 5.87. The van der Waals surface area contributed by atoms with Crippen molar-refractivity contribution >= 4 is 12.1 Å². The number of nitrogens with zero attached hydrogens (tertiary/aromatic N) is 1. The number of aromatic hydroxyl groups is 1. The lowest BCUT2D eigenvalue weighted by atomic mass is 10.2. The molecule has 0 bridgehead atoms. The van der Waals surface area contributed by atoms with E-state index in [4.69, 9.17) is 9.47 Å². The number of benzene rings is 3. The number of hydrogen-bond acceptors (Lipinski definition) is 5. The number of phenols is 1. The Morgan fingerprint density at radius 2 is 1.71 bits per heavy atom. The first-order valence-corrected chi connectivity index (χ1v) is 8.64. The highest BCUT2D eigenvalue weighted by molar-refractivity contribution is 5.97. The molecular weight excluding hydrogens is 356 g/mol. The minimum atomic E-state index is -0.415. The van der Waals surface area contributed by atoms with Gasteiger partial charge in [0.1, 0.15) is 12.4 Å². The smallest absolute Gasteiger partial charge is 0.275 e. The van der Waals surface area contributed by atoms with Crippen LogP contribution in [0.5, 0.6) is 17.2 Å². The van der Waals surface area contributed by atoms with Crippen LogP contribution in [0.25, 0.3) is 0 Å². The molecule has 0 atom stereocenters. The van der Waals surface area contributed by atoms with Gasteiger partial charge in [-0.3, -0.25) is 4.79 Å². The van der Waals surface area contributed by atoms with Crippen molar-refractivity contribution in [3.05, 3.63) is 89.5 Å². The highest BCUT2D eigenvalue weighted by Gasteiger charge is 2.12. The molecule has 3 aromatic rings. The van der Waals surface area contributed by atoms with E-state index >= 15 is 0 Å². The van der Waals surface area contributed by atoms with E-state index in [0.717, 1.165) is 5.56 Å². The molecule has 142 valence electrons. The molecule has 0 fully saturated rings. The number of para-hydroxylation sites is 2. The number of rotatable bonds is 7. The number of phenolic OH excluding ortho intramolecular Hbond substituents is 1. The van der Waals surface area contributed by atoms with Crippen molar-refractivity contribution in [3.8, 4) is 17.2 Å². The third-order valence-electron chi connectivity index (χ3n) is 3.99. The fourth-order valence-corrected chi connectivity index (χ4v) is 2.54. The number of ether oxygens (including phenoxy) is 2. The maximum absolute atomic E-state index is 12.5. The van der Waals surface area contributed by atoms with Crippen molar-refractivity contribution in [2.45, 2.75) is 6.61 Å². The third-order valence-corrected chi connectivity index (χ3v) is 3.99. The van der Waals surface area contributed by atoms with Gasteiger partial charge in [-0.2, -0.15) is 5.10 Å². The van der Waals surface area contributed by atoms with Crippen molar-refractivity contribution in [1.82, 2.24) is 5.43 Å². The number of nitrogens with one attached hydrogen (secondary N) is 1. The first kappa shape index (κ1) is 19.0. The molecular formula is C22H20N2O4. The van der Waals surface area contributed by atoms with E-state index in [0.29, 0.717) is 29.2 Å². The van der Waals surface area contributed by atoms with Gasteiger partial charge in [0.2, 0.25) is 0 Å². The summed E-state index contributed by atoms with van der Waals surface area (Å²) in [6, 6.07) is 21.6. The van der Waals surface area contributed by atoms with E-state index in [1.807, 2.05) is 30.3 Å². The summed E-state index contributed by atoms with van der Waals surface area (Å²) in [4.78, 5) is 12.5. The zero-order chi connectivity index (χ0) is 19.8. The molecule has 3 aromatic carbocycles. The summed E-state index contributed by atoms with van der Waals surface area (Å²) < 4.78 is 10.8. The van der Waals surface area contributed by atoms with E-state index < -0.39 is 5.91 Å². The maximum Gasteiger partial charge on any atom is 0.275 e. The fraction of sp³-hybridized carbons (Fsp3) is 0.0909. The number of hydrazone groups is 1. The summed E-state index contributed by atoms with van der Waals surface area (Å²) in [6.45, 7) is 0.353. The zero-order valence-corrected chi connectivity index (χ0v) is 15.3. The van der Waals surface area contributed by atoms with Gasteiger partial charge in [-0.25, -0.2) is 5.43 Å². The Kier molecular flexibility index (Phi) is 6.25. The van der Waals surface area contributed by atoms with Gasteiger partial charge in [-0.05, 0) is 29.8 Å². The molecule has 3 rings (SSSR count). The lowest BCUT2D eigenvalue weighted by Crippen LogP contribution is -2.18. The van der Waals surface area contributed by atoms with E-state index in [1.165, 1.54) is 13.3 Å². The van der Waals surface area contributed by atoms with Gasteiger partial charge in [0.25, 0.3) is 5.91 Å². The summed E-state index contributed by atoms with van der Waals surface area (Å²) in [5.74, 6) is 0.329. The molecule has 6 nitrogen and oxygen atoms in total. The van der Waals surface area contributed by atoms with Crippen LogP contribution < -0.4 is 14.9 Å². The number of methoxy groups -OCH3 is 1. The quantitative estimate of drug-likeness (QED) is 0.486. The highest BCUT2D eigenvalue weighted by atomic mass is 16.5. The Bertz CT molecular complexity index is 971. The summed E-state index contributed by atoms with van der Waals surface area (Å²) in [7, 11) is 1.46. The van der Waals surface area contributed by atoms with E-state index in [-0.39, 0.29) is 5.75 Å². The Hall–Kier alpha value is -3.80. The molecule has 28 heavy (non-hydrogen) atoms. The van der Waals surface area contributed by atoms with Crippen LogP contribution in [0.15, 0.2) is 77.9 Å². The monoisotopic (exact) mass is 376 g/mol. The molecule has 0 aliphatic rings. The molecule has 6 heteroatoms. The van der Waals surface area contributed by atoms with Crippen LogP contribution in [0.1, 0.15) is 21.5 Å². The standard InChI is InChI=1S/C22H20N2O4/c1-27-20-13-7-10-17(21(20)25)14-23-24-22(26)18-11-5-6-12-19(18)28-15-16-8-3-2-4-9-16/h2-14,25H,15H2,1H3,(H,24,26)/b23-14-. The van der Waals surface area contributed by atoms with Crippen molar-refractivity contribution < 1.29 is 19.4 Å². The molecule has 0 aromatic heterocycles. The minimum absolute atomic E-state index is 0.0467. The molecule has 0 unspecified atom stereocenters. The molecule has 0 aliphatic heterocycles. The van der Waals surface area contributed by atoms with Crippen molar-refractivity contribution in [1.29, 1.82) is 0 Å². The molecule has 0 heterocycles. The molecule has 1 amide bonds. The molecule has 0 saturated carbocycles. The van der Waals surface area contributed by atoms with Gasteiger partial charge in [-0.1, -0.05) is 48.5 Å². The van der Waals surface area contributed by atoms with Gasteiger partial charge in [0.15, 0.2) is 11.5 Å². The SMILES string of the molecule is COc1cccc(/C=N\NC(=O)c2ccccc2OCc2ccccc2)c1O. The normalized spacial score (nSPS) is 10.6. The maximum atomic E-state index is 12.5. The van der Waals surface area contributed by atoms with Gasteiger partial charge in [0.05, 0.1) is 18.9 Å². The number of carbonyl (C=O) groups excluding carboxylic acids is 1. The van der Waals surface area contributed by atoms with Crippen molar-refractivity contribution in [2.24, 2.45) is 5.10 Å². The Morgan fingerprint density at radius 1 is 1.00 bits per heavy atom. The van der Waals surface area contributed by atoms with Crippen molar-refractivity contribution in [3.63, 3.8) is 0 Å². The fourth-order valence-electron chi connectivity index (χ4n) is 2.54. The van der Waals surface area contributed by atoms with Crippen LogP contribution in [-0.2, 0) is 6.61 Å². The molecule has 0 aliphatic carbocycles. The van der Waals surface area contributed by atoms with Gasteiger partial charge in [-0.15, -0.1) is 0 Å². The molecule has 0 spiro atoms. The Morgan fingerprint density at radius 3 is 2.50 bits per heavy atom. The van der Waals surface area contributed by atoms with Gasteiger partial charge >= 0.3 is 0 Å². The average Bonchev–Trinajstić information content (AvgIpc) is 2.74. The van der Waals surface area contributed by atoms with Crippen LogP contribution >= 0.6 is 0 Å². The van der Waals surface area contributed by atoms with Gasteiger partial charge in [0, 0.05) is 5.56 Å². The van der Waals surface area contributed by atoms with E-state index in [1.54, 1.807) is 42.5 Å². The van der Waals surface area contributed by atoms with Crippen LogP contribution in [0.4, 0.5) is 0 Å². The van der Waals surface area contributed by atoms with Crippen LogP contribution in [-0.4, -0.2) is 24.3 Å². The third kappa shape index (κ3) is 4.67. The van der Waals surface area contributed by atoms with Crippen LogP contribution in [0.3, 0.4) is 0 Å². The predicted octanol–water partition coefficient (Wildman–Crippen LogP) is 3.74. The summed E-state index contributed by atoms with van der Waals surface area (Å²) in [5, 5.41) is 14.0. The first-order valence-electron chi connectivity index (χ1n) is 8.64. The van der Waals surface area contributed by atoms with E-state index in [2.05, 4.69) is 10.5 Å². The van der Waals surface area contributed by atoms with Crippen LogP contribution in [0, 0.1) is 0 Å². The Labute approximate surface area is 163 Å². The van der Waals surface area contributed by atoms with Crippen molar-refractivity contribution in [2.75, 3.05) is 7.11 Å². The Balaban J connectivity index is 1.68. The summed E-state index contributed by atoms with van der Waals surface area (Å²) in [5.41, 5.74) is 4.24. The lowest BCUT2D eigenvalue weighted by Gasteiger charge is -2.10. The summed E-state index contributed by atoms with van der Waals surface area (Å²) >= 11 is 0. The number of amides is 1. The second-order valence-electron chi connectivity index (χ2n) is 5.87. The highest BCUT2D eigenvalue weighted by Crippen LogP contribution is 2.28. The number of carbonyl (C=O) groups is 1. The first-order chi connectivity index (χ1) is 13.7. The number of hydrogen-bond donors (Lipinski definition) is 2. The van der Waals surface area contributed by atoms with Gasteiger partial charge < -0.3 is 14.6 Å². The zero-order valence-electron chi connectivity index (χ0n) is 15.3. The van der Waals surface area contributed by atoms with E-state index in [9.17, 15) is 9.90 Å². The molecule has 0 saturated heterocycles. The minimum Gasteiger partial charge on any atom is -0.504 e. The lowest BCUT2D eigenvalue weighted by molar-refractivity contribution is 0.0950. The predicted molar refractivity (Wildman–Crippen MR) is 107 cm³/mol. The largest absolute Gasteiger partial charge is 0.504 e. The second kappa shape index (κ2) is 9.23.